The molecule has 62 valence electrons. The Morgan fingerprint density at radius 1 is 1.64 bits per heavy atom. The highest BCUT2D eigenvalue weighted by molar-refractivity contribution is 4.91. The van der Waals surface area contributed by atoms with Crippen molar-refractivity contribution in [2.45, 2.75) is 38.6 Å². The first-order valence-corrected chi connectivity index (χ1v) is 3.91. The van der Waals surface area contributed by atoms with E-state index in [1.54, 1.807) is 0 Å². The molecular weight excluding hydrogens is 143 g/mol. The molecule has 0 aromatic rings. The molecule has 0 spiro atoms. The van der Waals surface area contributed by atoms with Gasteiger partial charge in [-0.15, -0.1) is 0 Å². The quantitative estimate of drug-likeness (QED) is 0.524. The van der Waals surface area contributed by atoms with Crippen molar-refractivity contribution < 1.29 is 4.39 Å². The minimum atomic E-state index is -0.795. The van der Waals surface area contributed by atoms with Crippen molar-refractivity contribution in [3.63, 3.8) is 0 Å². The van der Waals surface area contributed by atoms with Crippen LogP contribution in [0.25, 0.3) is 4.85 Å². The van der Waals surface area contributed by atoms with E-state index in [0.717, 1.165) is 0 Å². The highest BCUT2D eigenvalue weighted by Gasteiger charge is 2.37. The first kappa shape index (κ1) is 8.48. The molecule has 1 aliphatic rings. The first-order valence-electron chi connectivity index (χ1n) is 3.91. The van der Waals surface area contributed by atoms with Crippen LogP contribution in [-0.2, 0) is 0 Å². The molecule has 0 radical (unpaired) electrons. The van der Waals surface area contributed by atoms with E-state index < -0.39 is 6.17 Å². The third-order valence-electron chi connectivity index (χ3n) is 2.07. The van der Waals surface area contributed by atoms with Crippen LogP contribution in [0.3, 0.4) is 0 Å². The van der Waals surface area contributed by atoms with Crippen LogP contribution in [0.15, 0.2) is 0 Å². The summed E-state index contributed by atoms with van der Waals surface area (Å²) in [4.78, 5) is 5.29. The Labute approximate surface area is 66.8 Å². The van der Waals surface area contributed by atoms with Gasteiger partial charge in [0.2, 0.25) is 0 Å². The summed E-state index contributed by atoms with van der Waals surface area (Å²) in [5.41, 5.74) is 0. The van der Waals surface area contributed by atoms with Crippen LogP contribution in [-0.4, -0.2) is 29.8 Å². The maximum absolute atomic E-state index is 12.8. The van der Waals surface area contributed by atoms with Gasteiger partial charge in [-0.05, 0) is 13.8 Å². The number of rotatable bonds is 1. The second-order valence-corrected chi connectivity index (χ2v) is 3.23. The van der Waals surface area contributed by atoms with Crippen LogP contribution in [0.5, 0.6) is 0 Å². The van der Waals surface area contributed by atoms with Crippen molar-refractivity contribution in [3.05, 3.63) is 11.4 Å². The van der Waals surface area contributed by atoms with Gasteiger partial charge in [-0.2, -0.15) is 0 Å². The van der Waals surface area contributed by atoms with Crippen molar-refractivity contribution in [3.8, 4) is 0 Å². The molecule has 1 saturated heterocycles. The zero-order valence-electron chi connectivity index (χ0n) is 6.92. The Balaban J connectivity index is 2.59. The molecule has 0 bridgehead atoms. The average molecular weight is 156 g/mol. The Morgan fingerprint density at radius 3 is 2.64 bits per heavy atom. The minimum absolute atomic E-state index is 0.218. The SMILES string of the molecule is [C-]#[N+][C@@H]1CC(F)CN1C(C)C. The highest BCUT2D eigenvalue weighted by atomic mass is 19.1. The Bertz CT molecular complexity index is 173. The normalized spacial score (nSPS) is 32.6. The molecule has 1 fully saturated rings. The number of hydrogen-bond acceptors (Lipinski definition) is 1. The zero-order chi connectivity index (χ0) is 8.43. The Hall–Kier alpha value is -0.620. The molecule has 0 aromatic carbocycles. The fourth-order valence-corrected chi connectivity index (χ4v) is 1.47. The molecule has 2 atom stereocenters. The van der Waals surface area contributed by atoms with Crippen molar-refractivity contribution in [1.29, 1.82) is 0 Å². The number of alkyl halides is 1. The summed E-state index contributed by atoms with van der Waals surface area (Å²) >= 11 is 0. The summed E-state index contributed by atoms with van der Waals surface area (Å²) in [7, 11) is 0. The van der Waals surface area contributed by atoms with Gasteiger partial charge < -0.3 is 0 Å². The standard InChI is InChI=1S/C8H13FN2/c1-6(2)11-5-7(9)4-8(11)10-3/h6-8H,4-5H2,1-2H3/t7?,8-/m0/s1. The van der Waals surface area contributed by atoms with Crippen LogP contribution in [0.1, 0.15) is 20.3 Å². The van der Waals surface area contributed by atoms with Crippen LogP contribution in [0.2, 0.25) is 0 Å². The third kappa shape index (κ3) is 1.69. The van der Waals surface area contributed by atoms with E-state index in [1.807, 2.05) is 18.7 Å². The summed E-state index contributed by atoms with van der Waals surface area (Å²) in [6.45, 7) is 11.3. The molecule has 0 amide bonds. The molecule has 1 rings (SSSR count). The van der Waals surface area contributed by atoms with Crippen molar-refractivity contribution >= 4 is 0 Å². The molecule has 0 N–H and O–H groups in total. The van der Waals surface area contributed by atoms with Gasteiger partial charge in [0.05, 0.1) is 6.42 Å². The average Bonchev–Trinajstić information content (AvgIpc) is 2.30. The van der Waals surface area contributed by atoms with Crippen LogP contribution < -0.4 is 0 Å². The maximum atomic E-state index is 12.8. The van der Waals surface area contributed by atoms with Crippen molar-refractivity contribution in [2.24, 2.45) is 0 Å². The summed E-state index contributed by atoms with van der Waals surface area (Å²) in [6.07, 6.45) is -0.622. The van der Waals surface area contributed by atoms with E-state index in [1.165, 1.54) is 0 Å². The molecule has 0 aromatic heterocycles. The van der Waals surface area contributed by atoms with E-state index >= 15 is 0 Å². The van der Waals surface area contributed by atoms with Crippen molar-refractivity contribution in [2.75, 3.05) is 6.54 Å². The van der Waals surface area contributed by atoms with Gasteiger partial charge in [0.1, 0.15) is 6.17 Å². The zero-order valence-corrected chi connectivity index (χ0v) is 6.92. The largest absolute Gasteiger partial charge is 0.296 e. The minimum Gasteiger partial charge on any atom is -0.296 e. The van der Waals surface area contributed by atoms with E-state index in [0.29, 0.717) is 13.0 Å². The topological polar surface area (TPSA) is 7.60 Å². The van der Waals surface area contributed by atoms with Gasteiger partial charge in [-0.25, -0.2) is 15.9 Å². The molecule has 1 heterocycles. The molecule has 2 nitrogen and oxygen atoms in total. The van der Waals surface area contributed by atoms with Gasteiger partial charge in [-0.3, -0.25) is 4.85 Å². The lowest BCUT2D eigenvalue weighted by Crippen LogP contribution is -2.33. The van der Waals surface area contributed by atoms with Gasteiger partial charge in [0.15, 0.2) is 0 Å². The summed E-state index contributed by atoms with van der Waals surface area (Å²) in [6, 6.07) is 0.287. The Morgan fingerprint density at radius 2 is 2.27 bits per heavy atom. The Kier molecular flexibility index (Phi) is 2.45. The van der Waals surface area contributed by atoms with E-state index in [9.17, 15) is 4.39 Å². The first-order chi connectivity index (χ1) is 5.15. The second-order valence-electron chi connectivity index (χ2n) is 3.23. The molecule has 3 heteroatoms. The number of hydrogen-bond donors (Lipinski definition) is 0. The molecule has 0 aliphatic carbocycles. The van der Waals surface area contributed by atoms with E-state index in [4.69, 9.17) is 6.57 Å². The maximum Gasteiger partial charge on any atom is 0.282 e. The third-order valence-corrected chi connectivity index (χ3v) is 2.07. The monoisotopic (exact) mass is 156 g/mol. The summed E-state index contributed by atoms with van der Waals surface area (Å²) in [5, 5.41) is 0. The summed E-state index contributed by atoms with van der Waals surface area (Å²) in [5.74, 6) is 0. The van der Waals surface area contributed by atoms with Crippen molar-refractivity contribution in [1.82, 2.24) is 4.90 Å². The number of halogens is 1. The molecule has 11 heavy (non-hydrogen) atoms. The predicted molar refractivity (Wildman–Crippen MR) is 41.7 cm³/mol. The molecular formula is C8H13FN2. The molecule has 1 unspecified atom stereocenters. The van der Waals surface area contributed by atoms with Crippen LogP contribution in [0.4, 0.5) is 4.39 Å². The lowest BCUT2D eigenvalue weighted by atomic mass is 10.3. The lowest BCUT2D eigenvalue weighted by Gasteiger charge is -2.19. The molecule has 1 aliphatic heterocycles. The van der Waals surface area contributed by atoms with Gasteiger partial charge >= 0.3 is 0 Å². The number of likely N-dealkylation sites (tertiary alicyclic amines) is 1. The number of nitrogens with zero attached hydrogens (tertiary/aromatic N) is 2. The van der Waals surface area contributed by atoms with Gasteiger partial charge in [0, 0.05) is 12.6 Å². The van der Waals surface area contributed by atoms with Crippen LogP contribution in [0, 0.1) is 6.57 Å². The smallest absolute Gasteiger partial charge is 0.282 e. The summed E-state index contributed by atoms with van der Waals surface area (Å²) < 4.78 is 12.8. The van der Waals surface area contributed by atoms with Gasteiger partial charge in [-0.1, -0.05) is 0 Å². The van der Waals surface area contributed by atoms with E-state index in [-0.39, 0.29) is 12.2 Å². The van der Waals surface area contributed by atoms with E-state index in [2.05, 4.69) is 4.85 Å². The highest BCUT2D eigenvalue weighted by Crippen LogP contribution is 2.23. The molecule has 0 saturated carbocycles. The van der Waals surface area contributed by atoms with Gasteiger partial charge in [0.25, 0.3) is 6.17 Å². The second kappa shape index (κ2) is 3.19. The predicted octanol–water partition coefficient (Wildman–Crippen LogP) is 1.68. The fraction of sp³-hybridized carbons (Fsp3) is 0.875. The van der Waals surface area contributed by atoms with Crippen LogP contribution >= 0.6 is 0 Å². The fourth-order valence-electron chi connectivity index (χ4n) is 1.47. The lowest BCUT2D eigenvalue weighted by molar-refractivity contribution is 0.218.